The van der Waals surface area contributed by atoms with Crippen molar-refractivity contribution in [1.82, 2.24) is 10.6 Å². The molecule has 10 heteroatoms. The highest BCUT2D eigenvalue weighted by atomic mass is 16.5. The predicted octanol–water partition coefficient (Wildman–Crippen LogP) is -3.71. The van der Waals surface area contributed by atoms with Crippen molar-refractivity contribution in [2.45, 2.75) is 12.1 Å². The van der Waals surface area contributed by atoms with Gasteiger partial charge in [-0.2, -0.15) is 0 Å². The van der Waals surface area contributed by atoms with Gasteiger partial charge in [0.15, 0.2) is 12.1 Å². The van der Waals surface area contributed by atoms with E-state index in [2.05, 4.69) is 9.47 Å². The van der Waals surface area contributed by atoms with E-state index in [0.29, 0.717) is 0 Å². The molecule has 0 aliphatic carbocycles. The van der Waals surface area contributed by atoms with Crippen LogP contribution < -0.4 is 10.6 Å². The first-order valence-electron chi connectivity index (χ1n) is 5.39. The maximum atomic E-state index is 11.4. The standard InChI is InChI=1S/C10H16N2O8/c1-19-9(17)5(3-13)11-7(15)8(16)12-6(4-14)10(18)20-2/h5-6,13-14H,3-4H2,1-2H3,(H,11,15)(H,12,16)/t5-,6+. The highest BCUT2D eigenvalue weighted by Crippen LogP contribution is 1.90. The molecule has 0 saturated heterocycles. The lowest BCUT2D eigenvalue weighted by molar-refractivity contribution is -0.150. The summed E-state index contributed by atoms with van der Waals surface area (Å²) in [6.07, 6.45) is 0. The zero-order valence-corrected chi connectivity index (χ0v) is 10.9. The molecule has 0 rings (SSSR count). The number of aliphatic hydroxyl groups is 2. The monoisotopic (exact) mass is 292 g/mol. The van der Waals surface area contributed by atoms with Crippen LogP contribution in [-0.2, 0) is 28.7 Å². The first-order valence-corrected chi connectivity index (χ1v) is 5.39. The van der Waals surface area contributed by atoms with Crippen LogP contribution in [0.4, 0.5) is 0 Å². The minimum Gasteiger partial charge on any atom is -0.467 e. The summed E-state index contributed by atoms with van der Waals surface area (Å²) < 4.78 is 8.56. The summed E-state index contributed by atoms with van der Waals surface area (Å²) in [5.74, 6) is -4.45. The van der Waals surface area contributed by atoms with E-state index < -0.39 is 49.1 Å². The van der Waals surface area contributed by atoms with Gasteiger partial charge in [-0.05, 0) is 0 Å². The lowest BCUT2D eigenvalue weighted by atomic mass is 10.3. The molecule has 0 heterocycles. The summed E-state index contributed by atoms with van der Waals surface area (Å²) in [6.45, 7) is -1.54. The van der Waals surface area contributed by atoms with Crippen LogP contribution in [0.5, 0.6) is 0 Å². The van der Waals surface area contributed by atoms with E-state index in [1.165, 1.54) is 0 Å². The fraction of sp³-hybridized carbons (Fsp3) is 0.600. The molecule has 0 fully saturated rings. The second-order valence-corrected chi connectivity index (χ2v) is 3.46. The van der Waals surface area contributed by atoms with Gasteiger partial charge in [-0.15, -0.1) is 0 Å². The lowest BCUT2D eigenvalue weighted by Gasteiger charge is -2.16. The normalized spacial score (nSPS) is 12.8. The maximum absolute atomic E-state index is 11.4. The van der Waals surface area contributed by atoms with E-state index in [0.717, 1.165) is 14.2 Å². The third-order valence-corrected chi connectivity index (χ3v) is 2.15. The highest BCUT2D eigenvalue weighted by Gasteiger charge is 2.27. The van der Waals surface area contributed by atoms with Crippen molar-refractivity contribution in [2.75, 3.05) is 27.4 Å². The van der Waals surface area contributed by atoms with Crippen molar-refractivity contribution in [2.24, 2.45) is 0 Å². The van der Waals surface area contributed by atoms with E-state index >= 15 is 0 Å². The Morgan fingerprint density at radius 3 is 1.35 bits per heavy atom. The molecule has 0 aliphatic heterocycles. The smallest absolute Gasteiger partial charge is 0.330 e. The van der Waals surface area contributed by atoms with Crippen LogP contribution in [0, 0.1) is 0 Å². The Balaban J connectivity index is 4.58. The topological polar surface area (TPSA) is 151 Å². The van der Waals surface area contributed by atoms with Gasteiger partial charge in [-0.1, -0.05) is 0 Å². The van der Waals surface area contributed by atoms with Gasteiger partial charge in [0.2, 0.25) is 0 Å². The number of carbonyl (C=O) groups excluding carboxylic acids is 4. The van der Waals surface area contributed by atoms with Crippen molar-refractivity contribution in [3.63, 3.8) is 0 Å². The molecule has 0 aromatic rings. The van der Waals surface area contributed by atoms with Crippen LogP contribution >= 0.6 is 0 Å². The number of esters is 2. The average Bonchev–Trinajstić information content (AvgIpc) is 2.47. The van der Waals surface area contributed by atoms with Crippen LogP contribution in [0.2, 0.25) is 0 Å². The van der Waals surface area contributed by atoms with Crippen LogP contribution in [0.3, 0.4) is 0 Å². The molecule has 0 radical (unpaired) electrons. The van der Waals surface area contributed by atoms with Crippen LogP contribution in [-0.4, -0.2) is 73.5 Å². The Morgan fingerprint density at radius 1 is 0.850 bits per heavy atom. The number of rotatable bonds is 6. The van der Waals surface area contributed by atoms with Gasteiger partial charge in [0, 0.05) is 0 Å². The number of amides is 2. The summed E-state index contributed by atoms with van der Waals surface area (Å²) in [5, 5.41) is 21.5. The minimum absolute atomic E-state index is 0.772. The maximum Gasteiger partial charge on any atom is 0.330 e. The number of methoxy groups -OCH3 is 2. The predicted molar refractivity (Wildman–Crippen MR) is 62.1 cm³/mol. The van der Waals surface area contributed by atoms with Crippen LogP contribution in [0.15, 0.2) is 0 Å². The Hall–Kier alpha value is -2.20. The SMILES string of the molecule is COC(=O)[C@H](CO)NC(=O)C(=O)N[C@H](CO)C(=O)OC. The number of nitrogens with one attached hydrogen (secondary N) is 2. The molecule has 0 saturated carbocycles. The molecule has 0 bridgehead atoms. The fourth-order valence-corrected chi connectivity index (χ4v) is 1.09. The quantitative estimate of drug-likeness (QED) is 0.288. The van der Waals surface area contributed by atoms with Gasteiger partial charge < -0.3 is 30.3 Å². The third-order valence-electron chi connectivity index (χ3n) is 2.15. The van der Waals surface area contributed by atoms with Gasteiger partial charge in [0.25, 0.3) is 0 Å². The van der Waals surface area contributed by atoms with E-state index in [4.69, 9.17) is 10.2 Å². The first-order chi connectivity index (χ1) is 9.40. The van der Waals surface area contributed by atoms with Crippen molar-refractivity contribution in [3.8, 4) is 0 Å². The Labute approximate surface area is 114 Å². The summed E-state index contributed by atoms with van der Waals surface area (Å²) in [6, 6.07) is -2.83. The molecule has 20 heavy (non-hydrogen) atoms. The number of hydrogen-bond acceptors (Lipinski definition) is 8. The van der Waals surface area contributed by atoms with Crippen molar-refractivity contribution in [3.05, 3.63) is 0 Å². The molecule has 0 aromatic carbocycles. The highest BCUT2D eigenvalue weighted by molar-refractivity contribution is 6.35. The molecular weight excluding hydrogens is 276 g/mol. The van der Waals surface area contributed by atoms with Gasteiger partial charge in [-0.3, -0.25) is 9.59 Å². The molecular formula is C10H16N2O8. The summed E-state index contributed by atoms with van der Waals surface area (Å²) in [4.78, 5) is 45.0. The van der Waals surface area contributed by atoms with Crippen LogP contribution in [0.1, 0.15) is 0 Å². The molecule has 0 aliphatic rings. The van der Waals surface area contributed by atoms with E-state index in [9.17, 15) is 19.2 Å². The Bertz CT molecular complexity index is 347. The zero-order valence-electron chi connectivity index (χ0n) is 10.9. The van der Waals surface area contributed by atoms with Gasteiger partial charge in [0.05, 0.1) is 27.4 Å². The van der Waals surface area contributed by atoms with E-state index in [-0.39, 0.29) is 0 Å². The molecule has 4 N–H and O–H groups in total. The summed E-state index contributed by atoms with van der Waals surface area (Å²) >= 11 is 0. The van der Waals surface area contributed by atoms with E-state index in [1.807, 2.05) is 10.6 Å². The first kappa shape index (κ1) is 17.8. The zero-order chi connectivity index (χ0) is 15.7. The lowest BCUT2D eigenvalue weighted by Crippen LogP contribution is -2.53. The minimum atomic E-state index is -1.41. The van der Waals surface area contributed by atoms with E-state index in [1.54, 1.807) is 0 Å². The number of ether oxygens (including phenoxy) is 2. The fourth-order valence-electron chi connectivity index (χ4n) is 1.09. The number of carbonyl (C=O) groups is 4. The molecule has 2 amide bonds. The van der Waals surface area contributed by atoms with Gasteiger partial charge >= 0.3 is 23.8 Å². The van der Waals surface area contributed by atoms with Crippen molar-refractivity contribution >= 4 is 23.8 Å². The second-order valence-electron chi connectivity index (χ2n) is 3.46. The Morgan fingerprint density at radius 2 is 1.15 bits per heavy atom. The largest absolute Gasteiger partial charge is 0.467 e. The molecule has 0 unspecified atom stereocenters. The van der Waals surface area contributed by atoms with Gasteiger partial charge in [-0.25, -0.2) is 9.59 Å². The molecule has 10 nitrogen and oxygen atoms in total. The molecule has 0 spiro atoms. The van der Waals surface area contributed by atoms with Crippen molar-refractivity contribution in [1.29, 1.82) is 0 Å². The van der Waals surface area contributed by atoms with Gasteiger partial charge in [0.1, 0.15) is 0 Å². The molecule has 114 valence electrons. The molecule has 0 aromatic heterocycles. The Kier molecular flexibility index (Phi) is 7.85. The average molecular weight is 292 g/mol. The molecule has 2 atom stereocenters. The summed E-state index contributed by atoms with van der Waals surface area (Å²) in [5.41, 5.74) is 0. The number of hydrogen-bond donors (Lipinski definition) is 4. The third kappa shape index (κ3) is 5.20. The number of aliphatic hydroxyl groups excluding tert-OH is 2. The second kappa shape index (κ2) is 8.82. The summed E-state index contributed by atoms with van der Waals surface area (Å²) in [7, 11) is 2.08. The van der Waals surface area contributed by atoms with Crippen molar-refractivity contribution < 1.29 is 38.9 Å². The van der Waals surface area contributed by atoms with Crippen LogP contribution in [0.25, 0.3) is 0 Å².